The van der Waals surface area contributed by atoms with Gasteiger partial charge in [-0.15, -0.1) is 0 Å². The van der Waals surface area contributed by atoms with E-state index in [2.05, 4.69) is 11.1 Å². The first-order valence-corrected chi connectivity index (χ1v) is 9.86. The lowest BCUT2D eigenvalue weighted by Crippen LogP contribution is -2.23. The van der Waals surface area contributed by atoms with Crippen molar-refractivity contribution in [1.82, 2.24) is 9.55 Å². The van der Waals surface area contributed by atoms with Crippen LogP contribution >= 0.6 is 0 Å². The number of carbonyl (C=O) groups is 1. The number of hydrogen-bond donors (Lipinski definition) is 0. The predicted molar refractivity (Wildman–Crippen MR) is 115 cm³/mol. The fraction of sp³-hybridized carbons (Fsp3) is 0.292. The van der Waals surface area contributed by atoms with E-state index in [1.165, 1.54) is 0 Å². The molecule has 0 amide bonds. The minimum atomic E-state index is -0.550. The fourth-order valence-electron chi connectivity index (χ4n) is 3.36. The minimum absolute atomic E-state index is 0.153. The summed E-state index contributed by atoms with van der Waals surface area (Å²) in [5.41, 5.74) is 3.47. The van der Waals surface area contributed by atoms with Gasteiger partial charge in [0.15, 0.2) is 11.5 Å². The molecule has 6 nitrogen and oxygen atoms in total. The highest BCUT2D eigenvalue weighted by atomic mass is 16.6. The van der Waals surface area contributed by atoms with E-state index in [4.69, 9.17) is 9.15 Å². The Hall–Kier alpha value is -3.59. The molecule has 0 fully saturated rings. The van der Waals surface area contributed by atoms with Crippen LogP contribution in [0.25, 0.3) is 27.7 Å². The highest BCUT2D eigenvalue weighted by Gasteiger charge is 2.20. The summed E-state index contributed by atoms with van der Waals surface area (Å²) in [4.78, 5) is 16.8. The summed E-state index contributed by atoms with van der Waals surface area (Å²) in [6.07, 6.45) is 1.78. The van der Waals surface area contributed by atoms with Gasteiger partial charge < -0.3 is 13.7 Å². The number of carbonyl (C=O) groups excluding carboxylic acids is 1. The van der Waals surface area contributed by atoms with Crippen molar-refractivity contribution in [1.29, 1.82) is 5.26 Å². The number of nitrogens with zero attached hydrogens (tertiary/aromatic N) is 3. The van der Waals surface area contributed by atoms with Gasteiger partial charge in [0.05, 0.1) is 22.0 Å². The zero-order valence-corrected chi connectivity index (χ0v) is 17.7. The number of benzene rings is 2. The molecular formula is C24H23N3O3. The molecule has 2 aromatic carbocycles. The number of fused-ring (bicyclic) bond motifs is 3. The average molecular weight is 401 g/mol. The number of aromatic nitrogens is 2. The van der Waals surface area contributed by atoms with Crippen LogP contribution < -0.4 is 0 Å². The lowest BCUT2D eigenvalue weighted by Gasteiger charge is -2.19. The third-order valence-corrected chi connectivity index (χ3v) is 4.73. The van der Waals surface area contributed by atoms with Crippen LogP contribution in [0.3, 0.4) is 0 Å². The van der Waals surface area contributed by atoms with Gasteiger partial charge >= 0.3 is 5.97 Å². The molecule has 0 unspecified atom stereocenters. The van der Waals surface area contributed by atoms with E-state index in [1.54, 1.807) is 18.3 Å². The zero-order chi connectivity index (χ0) is 21.6. The molecule has 0 N–H and O–H groups in total. The predicted octanol–water partition coefficient (Wildman–Crippen LogP) is 5.72. The first-order chi connectivity index (χ1) is 14.2. The first-order valence-electron chi connectivity index (χ1n) is 9.86. The van der Waals surface area contributed by atoms with Crippen molar-refractivity contribution in [2.24, 2.45) is 0 Å². The van der Waals surface area contributed by atoms with Gasteiger partial charge in [0.25, 0.3) is 0 Å². The van der Waals surface area contributed by atoms with Crippen molar-refractivity contribution < 1.29 is 13.9 Å². The summed E-state index contributed by atoms with van der Waals surface area (Å²) in [6, 6.07) is 13.2. The molecule has 0 bridgehead atoms. The number of esters is 1. The van der Waals surface area contributed by atoms with E-state index >= 15 is 0 Å². The molecule has 30 heavy (non-hydrogen) atoms. The largest absolute Gasteiger partial charge is 0.456 e. The van der Waals surface area contributed by atoms with Gasteiger partial charge in [-0.05, 0) is 57.2 Å². The Morgan fingerprint density at radius 1 is 1.17 bits per heavy atom. The Labute approximate surface area is 174 Å². The molecule has 0 saturated heterocycles. The molecular weight excluding hydrogens is 378 g/mol. The molecule has 0 saturated carbocycles. The van der Waals surface area contributed by atoms with E-state index in [1.807, 2.05) is 63.5 Å². The number of nitriles is 1. The highest BCUT2D eigenvalue weighted by molar-refractivity contribution is 6.06. The smallest absolute Gasteiger partial charge is 0.338 e. The van der Waals surface area contributed by atoms with Crippen molar-refractivity contribution in [2.45, 2.75) is 46.1 Å². The SMILES string of the molecule is CC(C)c1nc2ccc3c(c(C#N)cn3-c3ccc(C(=O)OC(C)(C)C)cc3)c2o1. The van der Waals surface area contributed by atoms with Crippen molar-refractivity contribution in [3.8, 4) is 11.8 Å². The molecule has 0 spiro atoms. The number of rotatable bonds is 3. The molecule has 6 heteroatoms. The second-order valence-corrected chi connectivity index (χ2v) is 8.59. The summed E-state index contributed by atoms with van der Waals surface area (Å²) in [5, 5.41) is 10.5. The standard InChI is InChI=1S/C24H23N3O3/c1-14(2)22-26-18-10-11-19-20(21(18)29-22)16(12-25)13-27(19)17-8-6-15(7-9-17)23(28)30-24(3,4)5/h6-11,13-14H,1-5H3. The summed E-state index contributed by atoms with van der Waals surface area (Å²) >= 11 is 0. The van der Waals surface area contributed by atoms with Crippen LogP contribution in [0.4, 0.5) is 0 Å². The maximum atomic E-state index is 12.3. The molecule has 4 rings (SSSR count). The Balaban J connectivity index is 1.81. The lowest BCUT2D eigenvalue weighted by molar-refractivity contribution is 0.00695. The van der Waals surface area contributed by atoms with Gasteiger partial charge in [0.2, 0.25) is 0 Å². The third-order valence-electron chi connectivity index (χ3n) is 4.73. The topological polar surface area (TPSA) is 81.0 Å². The maximum Gasteiger partial charge on any atom is 0.338 e. The number of oxazole rings is 1. The molecule has 0 aliphatic heterocycles. The van der Waals surface area contributed by atoms with Gasteiger partial charge in [-0.3, -0.25) is 0 Å². The van der Waals surface area contributed by atoms with Crippen LogP contribution in [-0.2, 0) is 4.74 Å². The molecule has 0 radical (unpaired) electrons. The van der Waals surface area contributed by atoms with E-state index < -0.39 is 5.60 Å². The van der Waals surface area contributed by atoms with Crippen LogP contribution in [0.1, 0.15) is 62.3 Å². The highest BCUT2D eigenvalue weighted by Crippen LogP contribution is 2.33. The van der Waals surface area contributed by atoms with E-state index in [-0.39, 0.29) is 11.9 Å². The van der Waals surface area contributed by atoms with Crippen molar-refractivity contribution >= 4 is 28.0 Å². The van der Waals surface area contributed by atoms with Gasteiger partial charge in [-0.25, -0.2) is 9.78 Å². The molecule has 2 heterocycles. The third kappa shape index (κ3) is 3.43. The van der Waals surface area contributed by atoms with Crippen molar-refractivity contribution in [2.75, 3.05) is 0 Å². The monoisotopic (exact) mass is 401 g/mol. The molecule has 0 aliphatic rings. The summed E-state index contributed by atoms with van der Waals surface area (Å²) in [5.74, 6) is 0.435. The quantitative estimate of drug-likeness (QED) is 0.410. The Bertz CT molecular complexity index is 1300. The maximum absolute atomic E-state index is 12.3. The Morgan fingerprint density at radius 3 is 2.47 bits per heavy atom. The lowest BCUT2D eigenvalue weighted by atomic mass is 10.1. The second-order valence-electron chi connectivity index (χ2n) is 8.59. The summed E-state index contributed by atoms with van der Waals surface area (Å²) in [7, 11) is 0. The molecule has 2 aromatic heterocycles. The molecule has 0 atom stereocenters. The zero-order valence-electron chi connectivity index (χ0n) is 17.7. The second kappa shape index (κ2) is 7.03. The molecule has 0 aliphatic carbocycles. The van der Waals surface area contributed by atoms with E-state index in [0.717, 1.165) is 22.1 Å². The Morgan fingerprint density at radius 2 is 1.87 bits per heavy atom. The number of hydrogen-bond acceptors (Lipinski definition) is 5. The normalized spacial score (nSPS) is 11.9. The number of ether oxygens (including phenoxy) is 1. The minimum Gasteiger partial charge on any atom is -0.456 e. The van der Waals surface area contributed by atoms with Crippen LogP contribution in [0.2, 0.25) is 0 Å². The van der Waals surface area contributed by atoms with Crippen LogP contribution in [0.5, 0.6) is 0 Å². The van der Waals surface area contributed by atoms with Gasteiger partial charge in [0.1, 0.15) is 17.2 Å². The van der Waals surface area contributed by atoms with Crippen LogP contribution in [-0.4, -0.2) is 21.1 Å². The summed E-state index contributed by atoms with van der Waals surface area (Å²) < 4.78 is 13.3. The summed E-state index contributed by atoms with van der Waals surface area (Å²) in [6.45, 7) is 9.55. The van der Waals surface area contributed by atoms with Crippen molar-refractivity contribution in [3.05, 3.63) is 59.6 Å². The van der Waals surface area contributed by atoms with Crippen molar-refractivity contribution in [3.63, 3.8) is 0 Å². The Kier molecular flexibility index (Phi) is 4.62. The van der Waals surface area contributed by atoms with Gasteiger partial charge in [0, 0.05) is 17.8 Å². The first kappa shape index (κ1) is 19.7. The molecule has 4 aromatic rings. The van der Waals surface area contributed by atoms with E-state index in [0.29, 0.717) is 22.6 Å². The van der Waals surface area contributed by atoms with Gasteiger partial charge in [-0.2, -0.15) is 5.26 Å². The van der Waals surface area contributed by atoms with Crippen LogP contribution in [0.15, 0.2) is 47.0 Å². The fourth-order valence-corrected chi connectivity index (χ4v) is 3.36. The average Bonchev–Trinajstić information content (AvgIpc) is 3.28. The van der Waals surface area contributed by atoms with Crippen LogP contribution in [0, 0.1) is 11.3 Å². The van der Waals surface area contributed by atoms with Gasteiger partial charge in [-0.1, -0.05) is 13.8 Å². The molecule has 152 valence electrons. The van der Waals surface area contributed by atoms with E-state index in [9.17, 15) is 10.1 Å².